The first-order chi connectivity index (χ1) is 23.5. The highest BCUT2D eigenvalue weighted by atomic mass is 16.3. The van der Waals surface area contributed by atoms with Crippen molar-refractivity contribution < 1.29 is 4.42 Å². The van der Waals surface area contributed by atoms with Gasteiger partial charge in [0.25, 0.3) is 0 Å². The standard InChI is InChI=1S/C47H43NO/c1-45(2)25-26-46(3,4)39-27-30(23-24-37(39)45)34-28-35-32-17-10-12-19-36(32)47(5,6)38(35)29-41(34)48(31-15-8-7-9-16-31)40-20-14-22-43-44(40)33-18-11-13-21-42(33)49-43/h7-24,27-29H,25-26H2,1-6H3. The monoisotopic (exact) mass is 637 g/mol. The Morgan fingerprint density at radius 2 is 1.18 bits per heavy atom. The van der Waals surface area contributed by atoms with Gasteiger partial charge in [0.15, 0.2) is 0 Å². The Morgan fingerprint density at radius 1 is 0.490 bits per heavy atom. The molecule has 0 N–H and O–H groups in total. The summed E-state index contributed by atoms with van der Waals surface area (Å²) < 4.78 is 6.46. The number of furan rings is 1. The van der Waals surface area contributed by atoms with E-state index in [1.165, 1.54) is 63.0 Å². The number of rotatable bonds is 4. The lowest BCUT2D eigenvalue weighted by Crippen LogP contribution is -2.33. The Morgan fingerprint density at radius 3 is 2.00 bits per heavy atom. The molecule has 0 saturated carbocycles. The lowest BCUT2D eigenvalue weighted by molar-refractivity contribution is 0.332. The van der Waals surface area contributed by atoms with E-state index in [1.807, 2.05) is 0 Å². The van der Waals surface area contributed by atoms with Crippen molar-refractivity contribution in [1.29, 1.82) is 0 Å². The summed E-state index contributed by atoms with van der Waals surface area (Å²) in [6, 6.07) is 47.1. The average Bonchev–Trinajstić information content (AvgIpc) is 3.60. The number of hydrogen-bond acceptors (Lipinski definition) is 2. The number of benzene rings is 6. The smallest absolute Gasteiger partial charge is 0.137 e. The minimum Gasteiger partial charge on any atom is -0.456 e. The third-order valence-electron chi connectivity index (χ3n) is 11.7. The highest BCUT2D eigenvalue weighted by Gasteiger charge is 2.39. The summed E-state index contributed by atoms with van der Waals surface area (Å²) >= 11 is 0. The van der Waals surface area contributed by atoms with E-state index in [1.54, 1.807) is 0 Å². The summed E-state index contributed by atoms with van der Waals surface area (Å²) in [4.78, 5) is 2.48. The lowest BCUT2D eigenvalue weighted by atomic mass is 9.63. The summed E-state index contributed by atoms with van der Waals surface area (Å²) in [6.45, 7) is 14.4. The molecule has 2 nitrogen and oxygen atoms in total. The van der Waals surface area contributed by atoms with Crippen molar-refractivity contribution in [2.75, 3.05) is 4.90 Å². The summed E-state index contributed by atoms with van der Waals surface area (Å²) in [6.07, 6.45) is 2.38. The Hall–Kier alpha value is -5.08. The van der Waals surface area contributed by atoms with Crippen molar-refractivity contribution in [2.24, 2.45) is 0 Å². The van der Waals surface area contributed by atoms with Crippen LogP contribution in [0.25, 0.3) is 44.2 Å². The van der Waals surface area contributed by atoms with E-state index < -0.39 is 0 Å². The first kappa shape index (κ1) is 30.0. The number of fused-ring (bicyclic) bond motifs is 7. The van der Waals surface area contributed by atoms with Crippen LogP contribution in [0.15, 0.2) is 132 Å². The fourth-order valence-corrected chi connectivity index (χ4v) is 8.84. The Kier molecular flexibility index (Phi) is 6.41. The van der Waals surface area contributed by atoms with E-state index in [0.29, 0.717) is 0 Å². The predicted octanol–water partition coefficient (Wildman–Crippen LogP) is 13.4. The summed E-state index contributed by atoms with van der Waals surface area (Å²) in [7, 11) is 0. The van der Waals surface area contributed by atoms with E-state index in [2.05, 4.69) is 174 Å². The van der Waals surface area contributed by atoms with Crippen LogP contribution in [0.5, 0.6) is 0 Å². The van der Waals surface area contributed by atoms with Crippen LogP contribution < -0.4 is 4.90 Å². The molecule has 0 bridgehead atoms. The molecule has 0 saturated heterocycles. The quantitative estimate of drug-likeness (QED) is 0.191. The van der Waals surface area contributed by atoms with Crippen LogP contribution >= 0.6 is 0 Å². The highest BCUT2D eigenvalue weighted by molar-refractivity contribution is 6.14. The molecule has 2 aliphatic carbocycles. The van der Waals surface area contributed by atoms with Gasteiger partial charge in [-0.3, -0.25) is 0 Å². The molecule has 0 fully saturated rings. The van der Waals surface area contributed by atoms with Gasteiger partial charge in [0.05, 0.1) is 16.8 Å². The fourth-order valence-electron chi connectivity index (χ4n) is 8.84. The average molecular weight is 638 g/mol. The second-order valence-corrected chi connectivity index (χ2v) is 16.0. The zero-order valence-electron chi connectivity index (χ0n) is 29.4. The van der Waals surface area contributed by atoms with E-state index >= 15 is 0 Å². The van der Waals surface area contributed by atoms with Crippen LogP contribution in [0.4, 0.5) is 17.1 Å². The molecule has 1 aromatic heterocycles. The summed E-state index contributed by atoms with van der Waals surface area (Å²) in [5.74, 6) is 0. The van der Waals surface area contributed by atoms with Gasteiger partial charge in [0.1, 0.15) is 11.2 Å². The van der Waals surface area contributed by atoms with Gasteiger partial charge in [0, 0.05) is 22.1 Å². The second-order valence-electron chi connectivity index (χ2n) is 16.0. The van der Waals surface area contributed by atoms with Gasteiger partial charge >= 0.3 is 0 Å². The topological polar surface area (TPSA) is 16.4 Å². The van der Waals surface area contributed by atoms with Gasteiger partial charge in [-0.15, -0.1) is 0 Å². The van der Waals surface area contributed by atoms with Gasteiger partial charge in [0.2, 0.25) is 0 Å². The van der Waals surface area contributed by atoms with Crippen LogP contribution in [0.2, 0.25) is 0 Å². The molecule has 242 valence electrons. The molecule has 1 heterocycles. The van der Waals surface area contributed by atoms with Crippen molar-refractivity contribution in [1.82, 2.24) is 0 Å². The molecule has 6 aromatic carbocycles. The third kappa shape index (κ3) is 4.46. The maximum atomic E-state index is 6.46. The SMILES string of the molecule is CC1(C)CCC(C)(C)c2cc(-c3cc4c(cc3N(c3ccccc3)c3cccc5oc6ccccc6c35)C(C)(C)c3ccccc3-4)ccc21. The second kappa shape index (κ2) is 10.5. The van der Waals surface area contributed by atoms with Crippen LogP contribution in [-0.2, 0) is 16.2 Å². The van der Waals surface area contributed by atoms with Crippen LogP contribution in [-0.4, -0.2) is 0 Å². The third-order valence-corrected chi connectivity index (χ3v) is 11.7. The van der Waals surface area contributed by atoms with Gasteiger partial charge in [-0.2, -0.15) is 0 Å². The molecule has 0 unspecified atom stereocenters. The molecular weight excluding hydrogens is 595 g/mol. The molecule has 0 atom stereocenters. The van der Waals surface area contributed by atoms with E-state index in [0.717, 1.165) is 33.3 Å². The summed E-state index contributed by atoms with van der Waals surface area (Å²) in [5, 5.41) is 2.26. The van der Waals surface area contributed by atoms with E-state index in [-0.39, 0.29) is 16.2 Å². The predicted molar refractivity (Wildman–Crippen MR) is 207 cm³/mol. The fraction of sp³-hybridized carbons (Fsp3) is 0.234. The molecule has 0 amide bonds. The van der Waals surface area contributed by atoms with Crippen molar-refractivity contribution in [3.8, 4) is 22.3 Å². The lowest BCUT2D eigenvalue weighted by Gasteiger charge is -2.42. The van der Waals surface area contributed by atoms with Crippen LogP contribution in [0, 0.1) is 0 Å². The molecule has 9 rings (SSSR count). The zero-order valence-corrected chi connectivity index (χ0v) is 29.4. The number of anilines is 3. The number of hydrogen-bond donors (Lipinski definition) is 0. The first-order valence-corrected chi connectivity index (χ1v) is 17.7. The maximum absolute atomic E-state index is 6.46. The molecule has 2 heteroatoms. The van der Waals surface area contributed by atoms with Gasteiger partial charge < -0.3 is 9.32 Å². The molecule has 0 aliphatic heterocycles. The molecule has 7 aromatic rings. The molecule has 0 spiro atoms. The van der Waals surface area contributed by atoms with Crippen molar-refractivity contribution in [3.05, 3.63) is 150 Å². The first-order valence-electron chi connectivity index (χ1n) is 17.7. The number of para-hydroxylation sites is 2. The van der Waals surface area contributed by atoms with E-state index in [9.17, 15) is 0 Å². The van der Waals surface area contributed by atoms with Crippen LogP contribution in [0.3, 0.4) is 0 Å². The highest BCUT2D eigenvalue weighted by Crippen LogP contribution is 2.55. The van der Waals surface area contributed by atoms with Crippen LogP contribution in [0.1, 0.15) is 76.6 Å². The minimum absolute atomic E-state index is 0.104. The van der Waals surface area contributed by atoms with Crippen molar-refractivity contribution in [3.63, 3.8) is 0 Å². The largest absolute Gasteiger partial charge is 0.456 e. The normalized spacial score (nSPS) is 16.7. The zero-order chi connectivity index (χ0) is 33.7. The summed E-state index contributed by atoms with van der Waals surface area (Å²) in [5.41, 5.74) is 16.2. The minimum atomic E-state index is -0.141. The van der Waals surface area contributed by atoms with Gasteiger partial charge in [-0.25, -0.2) is 0 Å². The molecule has 2 aliphatic rings. The van der Waals surface area contributed by atoms with Crippen molar-refractivity contribution in [2.45, 2.75) is 70.6 Å². The van der Waals surface area contributed by atoms with Gasteiger partial charge in [-0.1, -0.05) is 126 Å². The molecular formula is C47H43NO. The number of nitrogens with zero attached hydrogens (tertiary/aromatic N) is 1. The Bertz CT molecular complexity index is 2420. The molecule has 0 radical (unpaired) electrons. The Balaban J connectivity index is 1.39. The van der Waals surface area contributed by atoms with Gasteiger partial charge in [-0.05, 0) is 105 Å². The molecule has 49 heavy (non-hydrogen) atoms. The van der Waals surface area contributed by atoms with E-state index in [4.69, 9.17) is 4.42 Å². The Labute approximate surface area is 290 Å². The maximum Gasteiger partial charge on any atom is 0.137 e. The van der Waals surface area contributed by atoms with Crippen molar-refractivity contribution >= 4 is 39.0 Å².